The molecule has 1 rings (SSSR count). The van der Waals surface area contributed by atoms with E-state index >= 15 is 0 Å². The molecule has 0 bridgehead atoms. The van der Waals surface area contributed by atoms with Gasteiger partial charge in [0.2, 0.25) is 18.9 Å². The molecule has 1 fully saturated rings. The number of nitrogens with two attached hydrogens (primary N) is 3. The van der Waals surface area contributed by atoms with Crippen LogP contribution < -0.4 is 17.2 Å². The Balaban J connectivity index is 3.38. The number of quaternary nitrogens is 3. The molecule has 0 aromatic carbocycles. The summed E-state index contributed by atoms with van der Waals surface area (Å²) in [6.07, 6.45) is -7.13. The molecule has 0 amide bonds. The highest BCUT2D eigenvalue weighted by Gasteiger charge is 2.61. The van der Waals surface area contributed by atoms with E-state index in [1.807, 2.05) is 0 Å². The lowest BCUT2D eigenvalue weighted by Crippen LogP contribution is -2.88. The van der Waals surface area contributed by atoms with Gasteiger partial charge in [0.15, 0.2) is 0 Å². The van der Waals surface area contributed by atoms with Crippen molar-refractivity contribution in [1.82, 2.24) is 15.0 Å². The Morgan fingerprint density at radius 2 is 0.714 bits per heavy atom. The monoisotopic (exact) mass is 321 g/mol. The predicted molar refractivity (Wildman–Crippen MR) is 51.0 cm³/mol. The van der Waals surface area contributed by atoms with Gasteiger partial charge in [0.1, 0.15) is 0 Å². The number of hydrogen-bond acceptors (Lipinski definition) is 15. The fourth-order valence-electron chi connectivity index (χ4n) is 1.76. The maximum atomic E-state index is 11.1. The summed E-state index contributed by atoms with van der Waals surface area (Å²) in [5.74, 6) is 0. The smallest absolute Gasteiger partial charge is 0.227 e. The van der Waals surface area contributed by atoms with Crippen molar-refractivity contribution in [2.75, 3.05) is 0 Å². The molecule has 0 unspecified atom stereocenters. The van der Waals surface area contributed by atoms with Crippen LogP contribution in [0.5, 0.6) is 0 Å². The van der Waals surface area contributed by atoms with Crippen LogP contribution in [0.2, 0.25) is 0 Å². The molecule has 0 radical (unpaired) electrons. The summed E-state index contributed by atoms with van der Waals surface area (Å²) >= 11 is 0. The van der Waals surface area contributed by atoms with Crippen LogP contribution in [0.3, 0.4) is 0 Å². The average Bonchev–Trinajstić information content (AvgIpc) is 2.07. The van der Waals surface area contributed by atoms with E-state index in [2.05, 4.69) is 0 Å². The molecule has 18 heteroatoms. The Kier molecular flexibility index (Phi) is 4.52. The second-order valence-electron chi connectivity index (χ2n) is 3.92. The standard InChI is InChI=1S/C3H15N9O9/c4-1-7(10(13,14)15)2(5)9(12(19,20)21)3(6)8(1)11(16,17)18/h1-3,13-14,16-17,19-20H,4-6H2. The third kappa shape index (κ3) is 3.38. The van der Waals surface area contributed by atoms with Crippen LogP contribution in [-0.2, 0) is 0 Å². The summed E-state index contributed by atoms with van der Waals surface area (Å²) in [5, 5.41) is 75.0. The molecule has 0 aliphatic carbocycles. The highest BCUT2D eigenvalue weighted by molar-refractivity contribution is 4.72. The quantitative estimate of drug-likeness (QED) is 0.175. The van der Waals surface area contributed by atoms with Gasteiger partial charge >= 0.3 is 0 Å². The van der Waals surface area contributed by atoms with Crippen molar-refractivity contribution in [1.29, 1.82) is 0 Å². The van der Waals surface area contributed by atoms with E-state index in [0.29, 0.717) is 0 Å². The molecule has 1 saturated heterocycles. The lowest BCUT2D eigenvalue weighted by atomic mass is 10.5. The third-order valence-electron chi connectivity index (χ3n) is 2.53. The van der Waals surface area contributed by atoms with Crippen molar-refractivity contribution < 1.29 is 46.5 Å². The lowest BCUT2D eigenvalue weighted by molar-refractivity contribution is -1.34. The van der Waals surface area contributed by atoms with Crippen LogP contribution in [0.1, 0.15) is 0 Å². The Bertz CT molecular complexity index is 305. The van der Waals surface area contributed by atoms with Crippen molar-refractivity contribution in [2.45, 2.75) is 18.9 Å². The average molecular weight is 321 g/mol. The van der Waals surface area contributed by atoms with Gasteiger partial charge in [-0.1, -0.05) is 0 Å². The van der Waals surface area contributed by atoms with Gasteiger partial charge in [-0.2, -0.15) is 31.2 Å². The first-order valence-electron chi connectivity index (χ1n) is 4.90. The van der Waals surface area contributed by atoms with Crippen molar-refractivity contribution >= 4 is 0 Å². The van der Waals surface area contributed by atoms with Gasteiger partial charge in [0.25, 0.3) is 0 Å². The van der Waals surface area contributed by atoms with Crippen LogP contribution in [0.25, 0.3) is 0 Å². The second-order valence-corrected chi connectivity index (χ2v) is 3.92. The molecule has 0 aromatic rings. The minimum Gasteiger partial charge on any atom is -0.543 e. The highest BCUT2D eigenvalue weighted by atomic mass is 17.1. The maximum absolute atomic E-state index is 11.1. The molecular formula is C3H15N9O9. The molecule has 0 aromatic heterocycles. The van der Waals surface area contributed by atoms with E-state index in [1.165, 1.54) is 0 Å². The van der Waals surface area contributed by atoms with E-state index in [0.717, 1.165) is 0 Å². The second kappa shape index (κ2) is 5.18. The zero-order valence-electron chi connectivity index (χ0n) is 10.1. The Labute approximate surface area is 114 Å². The normalized spacial score (nSPS) is 31.7. The zero-order valence-corrected chi connectivity index (χ0v) is 10.1. The number of nitrogens with zero attached hydrogens (tertiary/aromatic N) is 6. The van der Waals surface area contributed by atoms with E-state index in [-0.39, 0.29) is 0 Å². The van der Waals surface area contributed by atoms with Crippen molar-refractivity contribution in [3.63, 3.8) is 0 Å². The SMILES string of the molecule is NC1N([N+]([O-])(O)O)C(N)N([N+]([O-])(O)O)C(N)N1[N+]([O-])(O)O. The van der Waals surface area contributed by atoms with Crippen molar-refractivity contribution in [3.8, 4) is 0 Å². The molecule has 1 aliphatic rings. The molecule has 21 heavy (non-hydrogen) atoms. The third-order valence-corrected chi connectivity index (χ3v) is 2.53. The Hall–Kier alpha value is -0.720. The molecule has 0 spiro atoms. The molecule has 126 valence electrons. The van der Waals surface area contributed by atoms with E-state index < -0.39 is 49.1 Å². The lowest BCUT2D eigenvalue weighted by Gasteiger charge is -2.55. The molecule has 1 heterocycles. The minimum absolute atomic E-state index is 0.446. The van der Waals surface area contributed by atoms with Crippen molar-refractivity contribution in [2.24, 2.45) is 17.2 Å². The van der Waals surface area contributed by atoms with Crippen molar-refractivity contribution in [3.05, 3.63) is 15.6 Å². The molecular weight excluding hydrogens is 306 g/mol. The van der Waals surface area contributed by atoms with Gasteiger partial charge in [-0.3, -0.25) is 17.2 Å². The van der Waals surface area contributed by atoms with Crippen LogP contribution in [0, 0.1) is 15.6 Å². The van der Waals surface area contributed by atoms with Crippen LogP contribution >= 0.6 is 0 Å². The Morgan fingerprint density at radius 3 is 0.810 bits per heavy atom. The molecule has 0 saturated carbocycles. The topological polar surface area (TPSA) is 278 Å². The van der Waals surface area contributed by atoms with E-state index in [9.17, 15) is 15.6 Å². The summed E-state index contributed by atoms with van der Waals surface area (Å²) in [4.78, 5) is 0. The van der Waals surface area contributed by atoms with E-state index in [1.54, 1.807) is 0 Å². The summed E-state index contributed by atoms with van der Waals surface area (Å²) in [6.45, 7) is 0. The summed E-state index contributed by atoms with van der Waals surface area (Å²) in [6, 6.07) is 0. The molecule has 12 N–H and O–H groups in total. The largest absolute Gasteiger partial charge is 0.543 e. The number of rotatable bonds is 3. The fraction of sp³-hybridized carbons (Fsp3) is 1.00. The van der Waals surface area contributed by atoms with Gasteiger partial charge in [0, 0.05) is 15.2 Å². The first-order chi connectivity index (χ1) is 9.10. The van der Waals surface area contributed by atoms with Gasteiger partial charge in [-0.25, -0.2) is 0 Å². The van der Waals surface area contributed by atoms with Crippen LogP contribution in [0.4, 0.5) is 0 Å². The van der Waals surface area contributed by atoms with Crippen LogP contribution in [-0.4, -0.2) is 80.4 Å². The van der Waals surface area contributed by atoms with Gasteiger partial charge < -0.3 is 15.6 Å². The predicted octanol–water partition coefficient (Wildman–Crippen LogP) is -4.34. The Morgan fingerprint density at radius 1 is 0.571 bits per heavy atom. The fourth-order valence-corrected chi connectivity index (χ4v) is 1.76. The first kappa shape index (κ1) is 18.3. The maximum Gasteiger partial charge on any atom is 0.227 e. The summed E-state index contributed by atoms with van der Waals surface area (Å²) in [7, 11) is 0. The van der Waals surface area contributed by atoms with Gasteiger partial charge in [-0.05, 0) is 15.0 Å². The van der Waals surface area contributed by atoms with Gasteiger partial charge in [-0.15, -0.1) is 0 Å². The zero-order chi connectivity index (χ0) is 17.0. The minimum atomic E-state index is -3.46. The molecule has 1 aliphatic heterocycles. The summed E-state index contributed by atoms with van der Waals surface area (Å²) in [5.41, 5.74) is 15.6. The highest BCUT2D eigenvalue weighted by Crippen LogP contribution is 2.27. The van der Waals surface area contributed by atoms with Gasteiger partial charge in [0.05, 0.1) is 0 Å². The molecule has 0 atom stereocenters. The molecule has 18 nitrogen and oxygen atoms in total. The van der Waals surface area contributed by atoms with Crippen LogP contribution in [0.15, 0.2) is 0 Å². The first-order valence-corrected chi connectivity index (χ1v) is 4.90. The summed E-state index contributed by atoms with van der Waals surface area (Å²) < 4.78 is 0. The van der Waals surface area contributed by atoms with E-state index in [4.69, 9.17) is 48.4 Å². The number of hydrogen-bond donors (Lipinski definition) is 9.